The number of rotatable bonds is 37. The molecular weight excluding hydrogens is 544 g/mol. The Balaban J connectivity index is 2.20. The molecule has 0 fully saturated rings. The second-order valence-electron chi connectivity index (χ2n) is 14.8. The maximum atomic E-state index is 2.64. The fourth-order valence-corrected chi connectivity index (χ4v) is 7.21. The second kappa shape index (κ2) is 34.5. The lowest BCUT2D eigenvalue weighted by Gasteiger charge is -2.07. The molecule has 0 amide bonds. The van der Waals surface area contributed by atoms with E-state index in [1.54, 1.807) is 5.82 Å². The third-order valence-electron chi connectivity index (χ3n) is 10.3. The third kappa shape index (κ3) is 26.9. The fraction of sp³-hybridized carbons (Fsp3) is 0.930. The Bertz CT molecular complexity index is 643. The minimum absolute atomic E-state index is 1.23. The molecule has 0 aliphatic rings. The molecule has 0 N–H and O–H groups in total. The van der Waals surface area contributed by atoms with E-state index in [-0.39, 0.29) is 0 Å². The molecule has 0 unspecified atom stereocenters. The summed E-state index contributed by atoms with van der Waals surface area (Å²) in [5.41, 5.74) is 0. The van der Waals surface area contributed by atoms with Gasteiger partial charge >= 0.3 is 0 Å². The quantitative estimate of drug-likeness (QED) is 0.0511. The number of unbranched alkanes of at least 4 members (excludes halogenated alkanes) is 31. The average Bonchev–Trinajstić information content (AvgIpc) is 3.43. The Morgan fingerprint density at radius 3 is 1.07 bits per heavy atom. The fourth-order valence-electron chi connectivity index (χ4n) is 7.21. The summed E-state index contributed by atoms with van der Waals surface area (Å²) in [6.07, 6.45) is 54.9. The van der Waals surface area contributed by atoms with Crippen molar-refractivity contribution in [3.8, 4) is 0 Å². The third-order valence-corrected chi connectivity index (χ3v) is 10.3. The first-order valence-electron chi connectivity index (χ1n) is 21.4. The molecule has 266 valence electrons. The van der Waals surface area contributed by atoms with Crippen molar-refractivity contribution < 1.29 is 4.57 Å². The van der Waals surface area contributed by atoms with Gasteiger partial charge in [-0.3, -0.25) is 0 Å². The Labute approximate surface area is 285 Å². The van der Waals surface area contributed by atoms with Gasteiger partial charge in [0.15, 0.2) is 0 Å². The number of imidazole rings is 1. The molecule has 2 nitrogen and oxygen atoms in total. The highest BCUT2D eigenvalue weighted by molar-refractivity contribution is 4.84. The molecule has 1 aromatic rings. The van der Waals surface area contributed by atoms with E-state index in [0.717, 1.165) is 0 Å². The van der Waals surface area contributed by atoms with E-state index in [9.17, 15) is 0 Å². The van der Waals surface area contributed by atoms with Gasteiger partial charge in [0.05, 0.1) is 13.1 Å². The van der Waals surface area contributed by atoms with Crippen molar-refractivity contribution in [2.45, 2.75) is 259 Å². The lowest BCUT2D eigenvalue weighted by molar-refractivity contribution is -0.704. The molecule has 0 atom stereocenters. The zero-order chi connectivity index (χ0) is 32.3. The van der Waals surface area contributed by atoms with Crippen LogP contribution in [0.4, 0.5) is 0 Å². The summed E-state index contributed by atoms with van der Waals surface area (Å²) in [4.78, 5) is 0. The van der Waals surface area contributed by atoms with Crippen LogP contribution < -0.4 is 4.57 Å². The molecule has 0 aliphatic carbocycles. The normalized spacial score (nSPS) is 11.6. The summed E-state index contributed by atoms with van der Waals surface area (Å²) in [7, 11) is 0. The Hall–Kier alpha value is -0.790. The summed E-state index contributed by atoms with van der Waals surface area (Å²) >= 11 is 0. The van der Waals surface area contributed by atoms with Crippen LogP contribution in [0.1, 0.15) is 245 Å². The van der Waals surface area contributed by atoms with Gasteiger partial charge < -0.3 is 0 Å². The number of hydrogen-bond acceptors (Lipinski definition) is 0. The summed E-state index contributed by atoms with van der Waals surface area (Å²) in [5.74, 6) is 1.62. The number of hydrogen-bond donors (Lipinski definition) is 0. The number of aryl methyl sites for hydroxylation is 2. The molecule has 1 heterocycles. The Morgan fingerprint density at radius 1 is 0.378 bits per heavy atom. The van der Waals surface area contributed by atoms with Crippen molar-refractivity contribution in [2.75, 3.05) is 0 Å². The Kier molecular flexibility index (Phi) is 32.4. The van der Waals surface area contributed by atoms with Gasteiger partial charge in [0.1, 0.15) is 12.4 Å². The summed E-state index contributed by atoms with van der Waals surface area (Å²) in [5, 5.41) is 0. The van der Waals surface area contributed by atoms with E-state index in [0.29, 0.717) is 0 Å². The lowest BCUT2D eigenvalue weighted by atomic mass is 10.0. The highest BCUT2D eigenvalue weighted by Crippen LogP contribution is 2.16. The zero-order valence-electron chi connectivity index (χ0n) is 31.7. The summed E-state index contributed by atoms with van der Waals surface area (Å²) < 4.78 is 5.27. The summed E-state index contributed by atoms with van der Waals surface area (Å²) in [6.45, 7) is 9.41. The molecule has 1 aromatic heterocycles. The highest BCUT2D eigenvalue weighted by Gasteiger charge is 2.16. The largest absolute Gasteiger partial charge is 0.256 e. The van der Waals surface area contributed by atoms with Gasteiger partial charge in [0.2, 0.25) is 0 Å². The van der Waals surface area contributed by atoms with E-state index in [4.69, 9.17) is 0 Å². The molecule has 2 heteroatoms. The minimum Gasteiger partial charge on any atom is -0.234 e. The monoisotopic (exact) mass is 630 g/mol. The SMILES string of the molecule is CCCCCCCCCCCCCCCCn1cc[n+](CCCCCCCCCCCCCCCC)c1CCCCCCCC. The predicted octanol–water partition coefficient (Wildman–Crippen LogP) is 14.6. The van der Waals surface area contributed by atoms with Crippen LogP contribution >= 0.6 is 0 Å². The van der Waals surface area contributed by atoms with Crippen molar-refractivity contribution in [3.05, 3.63) is 18.2 Å². The van der Waals surface area contributed by atoms with Crippen LogP contribution in [0, 0.1) is 0 Å². The molecule has 1 rings (SSSR count). The molecular formula is C43H85N2+. The molecule has 45 heavy (non-hydrogen) atoms. The van der Waals surface area contributed by atoms with Gasteiger partial charge in [0, 0.05) is 6.42 Å². The first kappa shape index (κ1) is 42.2. The van der Waals surface area contributed by atoms with Crippen LogP contribution in [0.2, 0.25) is 0 Å². The smallest absolute Gasteiger partial charge is 0.234 e. The average molecular weight is 630 g/mol. The van der Waals surface area contributed by atoms with Crippen LogP contribution in [-0.2, 0) is 19.5 Å². The molecule has 0 spiro atoms. The molecule has 0 bridgehead atoms. The standard InChI is InChI=1S/C43H85N2/c1-4-7-10-13-16-18-20-22-24-26-28-30-33-36-39-44-41-42-45(43(44)38-35-32-15-12-9-6-3)40-37-34-31-29-27-25-23-21-19-17-14-11-8-5-2/h41-42H,4-40H2,1-3H3/q+1. The maximum Gasteiger partial charge on any atom is 0.256 e. The van der Waals surface area contributed by atoms with Crippen molar-refractivity contribution in [1.82, 2.24) is 4.57 Å². The van der Waals surface area contributed by atoms with Crippen molar-refractivity contribution in [2.24, 2.45) is 0 Å². The van der Waals surface area contributed by atoms with Crippen LogP contribution in [-0.4, -0.2) is 4.57 Å². The van der Waals surface area contributed by atoms with Gasteiger partial charge in [-0.1, -0.05) is 207 Å². The van der Waals surface area contributed by atoms with Crippen LogP contribution in [0.3, 0.4) is 0 Å². The van der Waals surface area contributed by atoms with E-state index >= 15 is 0 Å². The maximum absolute atomic E-state index is 2.64. The zero-order valence-corrected chi connectivity index (χ0v) is 31.7. The van der Waals surface area contributed by atoms with Gasteiger partial charge in [0.25, 0.3) is 5.82 Å². The van der Waals surface area contributed by atoms with E-state index < -0.39 is 0 Å². The van der Waals surface area contributed by atoms with Crippen LogP contribution in [0.5, 0.6) is 0 Å². The second-order valence-corrected chi connectivity index (χ2v) is 14.8. The van der Waals surface area contributed by atoms with E-state index in [1.165, 1.54) is 238 Å². The van der Waals surface area contributed by atoms with Crippen LogP contribution in [0.15, 0.2) is 12.4 Å². The molecule has 0 aromatic carbocycles. The lowest BCUT2D eigenvalue weighted by Crippen LogP contribution is -2.37. The van der Waals surface area contributed by atoms with Gasteiger partial charge in [-0.05, 0) is 32.1 Å². The first-order chi connectivity index (χ1) is 22.3. The Morgan fingerprint density at radius 2 is 0.689 bits per heavy atom. The number of aromatic nitrogens is 2. The van der Waals surface area contributed by atoms with Crippen molar-refractivity contribution in [1.29, 1.82) is 0 Å². The van der Waals surface area contributed by atoms with E-state index in [2.05, 4.69) is 42.3 Å². The highest BCUT2D eigenvalue weighted by atomic mass is 15.1. The van der Waals surface area contributed by atoms with Gasteiger partial charge in [-0.25, -0.2) is 9.13 Å². The van der Waals surface area contributed by atoms with Gasteiger partial charge in [-0.15, -0.1) is 0 Å². The van der Waals surface area contributed by atoms with Crippen LogP contribution in [0.25, 0.3) is 0 Å². The summed E-state index contributed by atoms with van der Waals surface area (Å²) in [6, 6.07) is 0. The van der Waals surface area contributed by atoms with Gasteiger partial charge in [-0.2, -0.15) is 0 Å². The van der Waals surface area contributed by atoms with Crippen molar-refractivity contribution >= 4 is 0 Å². The topological polar surface area (TPSA) is 8.81 Å². The predicted molar refractivity (Wildman–Crippen MR) is 202 cm³/mol. The molecule has 0 saturated carbocycles. The van der Waals surface area contributed by atoms with E-state index in [1.807, 2.05) is 0 Å². The molecule has 0 aliphatic heterocycles. The molecule has 0 saturated heterocycles. The molecule has 0 radical (unpaired) electrons. The van der Waals surface area contributed by atoms with Crippen molar-refractivity contribution in [3.63, 3.8) is 0 Å². The first-order valence-corrected chi connectivity index (χ1v) is 21.4. The minimum atomic E-state index is 1.23. The number of nitrogens with zero attached hydrogens (tertiary/aromatic N) is 2.